The number of benzene rings is 2. The minimum atomic E-state index is -3.74. The summed E-state index contributed by atoms with van der Waals surface area (Å²) in [6.07, 6.45) is 0.428. The van der Waals surface area contributed by atoms with Crippen molar-refractivity contribution in [3.05, 3.63) is 59.7 Å². The van der Waals surface area contributed by atoms with E-state index in [9.17, 15) is 18.0 Å². The molecule has 0 bridgehead atoms. The molecule has 0 fully saturated rings. The zero-order chi connectivity index (χ0) is 19.2. The Balaban J connectivity index is 1.82. The molecule has 138 valence electrons. The second-order valence-electron chi connectivity index (χ2n) is 5.50. The number of primary sulfonamides is 1. The molecule has 0 saturated carbocycles. The number of hydrogen-bond donors (Lipinski definition) is 1. The predicted octanol–water partition coefficient (Wildman–Crippen LogP) is 1.70. The van der Waals surface area contributed by atoms with E-state index in [1.807, 2.05) is 0 Å². The SMILES string of the molecule is COc1cccc(C(=O)COC(=O)CCc2ccc(S(N)(=O)=O)cc2)c1. The lowest BCUT2D eigenvalue weighted by atomic mass is 10.1. The number of hydrogen-bond acceptors (Lipinski definition) is 6. The number of esters is 1. The smallest absolute Gasteiger partial charge is 0.306 e. The summed E-state index contributed by atoms with van der Waals surface area (Å²) in [5, 5.41) is 5.02. The molecule has 0 spiro atoms. The van der Waals surface area contributed by atoms with Crippen molar-refractivity contribution in [2.45, 2.75) is 17.7 Å². The molecular weight excluding hydrogens is 358 g/mol. The third-order valence-corrected chi connectivity index (χ3v) is 4.55. The molecule has 8 heteroatoms. The summed E-state index contributed by atoms with van der Waals surface area (Å²) in [5.41, 5.74) is 1.16. The Hall–Kier alpha value is -2.71. The average Bonchev–Trinajstić information content (AvgIpc) is 2.64. The van der Waals surface area contributed by atoms with Gasteiger partial charge in [-0.25, -0.2) is 13.6 Å². The molecule has 0 aliphatic carbocycles. The Labute approximate surface area is 151 Å². The van der Waals surface area contributed by atoms with Crippen LogP contribution in [0, 0.1) is 0 Å². The molecule has 2 aromatic rings. The van der Waals surface area contributed by atoms with Crippen LogP contribution in [0.1, 0.15) is 22.3 Å². The van der Waals surface area contributed by atoms with Crippen molar-refractivity contribution in [1.29, 1.82) is 0 Å². The minimum Gasteiger partial charge on any atom is -0.497 e. The van der Waals surface area contributed by atoms with Gasteiger partial charge in [-0.3, -0.25) is 9.59 Å². The van der Waals surface area contributed by atoms with Gasteiger partial charge in [0, 0.05) is 12.0 Å². The fraction of sp³-hybridized carbons (Fsp3) is 0.222. The number of rotatable bonds is 8. The first kappa shape index (κ1) is 19.6. The lowest BCUT2D eigenvalue weighted by Gasteiger charge is -2.06. The molecule has 0 aliphatic rings. The number of aryl methyl sites for hydroxylation is 1. The molecule has 2 N–H and O–H groups in total. The zero-order valence-electron chi connectivity index (χ0n) is 14.2. The molecule has 0 unspecified atom stereocenters. The van der Waals surface area contributed by atoms with Gasteiger partial charge in [0.15, 0.2) is 12.4 Å². The third kappa shape index (κ3) is 5.68. The summed E-state index contributed by atoms with van der Waals surface area (Å²) in [6.45, 7) is -0.351. The standard InChI is InChI=1S/C18H19NO6S/c1-24-15-4-2-3-14(11-15)17(20)12-25-18(21)10-7-13-5-8-16(9-6-13)26(19,22)23/h2-6,8-9,11H,7,10,12H2,1H3,(H2,19,22,23). The van der Waals surface area contributed by atoms with Crippen molar-refractivity contribution < 1.29 is 27.5 Å². The number of Topliss-reactive ketones (excluding diaryl/α,β-unsaturated/α-hetero) is 1. The number of ether oxygens (including phenoxy) is 2. The van der Waals surface area contributed by atoms with Crippen LogP contribution in [0.25, 0.3) is 0 Å². The van der Waals surface area contributed by atoms with Gasteiger partial charge in [-0.2, -0.15) is 0 Å². The zero-order valence-corrected chi connectivity index (χ0v) is 15.0. The van der Waals surface area contributed by atoms with E-state index in [0.29, 0.717) is 17.7 Å². The van der Waals surface area contributed by atoms with Crippen LogP contribution in [-0.4, -0.2) is 33.9 Å². The van der Waals surface area contributed by atoms with Crippen LogP contribution in [0.15, 0.2) is 53.4 Å². The highest BCUT2D eigenvalue weighted by Gasteiger charge is 2.12. The van der Waals surface area contributed by atoms with Gasteiger partial charge in [-0.15, -0.1) is 0 Å². The molecule has 7 nitrogen and oxygen atoms in total. The number of sulfonamides is 1. The van der Waals surface area contributed by atoms with Crippen molar-refractivity contribution in [2.24, 2.45) is 5.14 Å². The van der Waals surface area contributed by atoms with E-state index in [0.717, 1.165) is 5.56 Å². The second kappa shape index (κ2) is 8.59. The highest BCUT2D eigenvalue weighted by atomic mass is 32.2. The quantitative estimate of drug-likeness (QED) is 0.553. The van der Waals surface area contributed by atoms with Crippen molar-refractivity contribution in [3.8, 4) is 5.75 Å². The monoisotopic (exact) mass is 377 g/mol. The summed E-state index contributed by atoms with van der Waals surface area (Å²) >= 11 is 0. The van der Waals surface area contributed by atoms with Crippen LogP contribution >= 0.6 is 0 Å². The van der Waals surface area contributed by atoms with E-state index >= 15 is 0 Å². The van der Waals surface area contributed by atoms with Crippen molar-refractivity contribution in [3.63, 3.8) is 0 Å². The van der Waals surface area contributed by atoms with Crippen LogP contribution < -0.4 is 9.88 Å². The number of carbonyl (C=O) groups excluding carboxylic acids is 2. The lowest BCUT2D eigenvalue weighted by molar-refractivity contribution is -0.142. The number of ketones is 1. The van der Waals surface area contributed by atoms with E-state index in [-0.39, 0.29) is 23.7 Å². The fourth-order valence-electron chi connectivity index (χ4n) is 2.19. The Morgan fingerprint density at radius 2 is 1.77 bits per heavy atom. The van der Waals surface area contributed by atoms with Gasteiger partial charge >= 0.3 is 5.97 Å². The molecule has 0 radical (unpaired) electrons. The van der Waals surface area contributed by atoms with Gasteiger partial charge in [0.05, 0.1) is 12.0 Å². The maximum absolute atomic E-state index is 12.0. The predicted molar refractivity (Wildman–Crippen MR) is 94.4 cm³/mol. The summed E-state index contributed by atoms with van der Waals surface area (Å²) < 4.78 is 32.4. The molecule has 0 aromatic heterocycles. The molecule has 26 heavy (non-hydrogen) atoms. The minimum absolute atomic E-state index is 0.00714. The molecule has 0 saturated heterocycles. The van der Waals surface area contributed by atoms with Crippen molar-refractivity contribution in [2.75, 3.05) is 13.7 Å². The van der Waals surface area contributed by atoms with Gasteiger partial charge in [0.1, 0.15) is 5.75 Å². The lowest BCUT2D eigenvalue weighted by Crippen LogP contribution is -2.14. The van der Waals surface area contributed by atoms with Crippen LogP contribution in [-0.2, 0) is 26.0 Å². The van der Waals surface area contributed by atoms with Gasteiger partial charge in [0.25, 0.3) is 0 Å². The maximum atomic E-state index is 12.0. The first-order valence-corrected chi connectivity index (χ1v) is 9.29. The second-order valence-corrected chi connectivity index (χ2v) is 7.07. The maximum Gasteiger partial charge on any atom is 0.306 e. The highest BCUT2D eigenvalue weighted by Crippen LogP contribution is 2.14. The molecule has 0 amide bonds. The molecular formula is C18H19NO6S. The van der Waals surface area contributed by atoms with Crippen LogP contribution in [0.3, 0.4) is 0 Å². The van der Waals surface area contributed by atoms with Crippen LogP contribution in [0.5, 0.6) is 5.75 Å². The van der Waals surface area contributed by atoms with Gasteiger partial charge < -0.3 is 9.47 Å². The summed E-state index contributed by atoms with van der Waals surface area (Å²) in [4.78, 5) is 23.8. The average molecular weight is 377 g/mol. The van der Waals surface area contributed by atoms with Crippen molar-refractivity contribution in [1.82, 2.24) is 0 Å². The fourth-order valence-corrected chi connectivity index (χ4v) is 2.71. The van der Waals surface area contributed by atoms with E-state index in [1.165, 1.54) is 19.2 Å². The van der Waals surface area contributed by atoms with Gasteiger partial charge in [-0.05, 0) is 36.2 Å². The van der Waals surface area contributed by atoms with Crippen molar-refractivity contribution >= 4 is 21.8 Å². The molecule has 0 aliphatic heterocycles. The van der Waals surface area contributed by atoms with Gasteiger partial charge in [-0.1, -0.05) is 24.3 Å². The van der Waals surface area contributed by atoms with Gasteiger partial charge in [0.2, 0.25) is 10.0 Å². The first-order chi connectivity index (χ1) is 12.3. The Bertz CT molecular complexity index is 890. The number of carbonyl (C=O) groups is 2. The Morgan fingerprint density at radius 1 is 1.08 bits per heavy atom. The first-order valence-electron chi connectivity index (χ1n) is 7.74. The van der Waals surface area contributed by atoms with Crippen LogP contribution in [0.2, 0.25) is 0 Å². The third-order valence-electron chi connectivity index (χ3n) is 3.63. The number of nitrogens with two attached hydrogens (primary N) is 1. The molecule has 2 rings (SSSR count). The summed E-state index contributed by atoms with van der Waals surface area (Å²) in [6, 6.07) is 12.5. The largest absolute Gasteiger partial charge is 0.497 e. The van der Waals surface area contributed by atoms with E-state index in [1.54, 1.807) is 36.4 Å². The topological polar surface area (TPSA) is 113 Å². The highest BCUT2D eigenvalue weighted by molar-refractivity contribution is 7.89. The molecule has 0 heterocycles. The van der Waals surface area contributed by atoms with Crippen LogP contribution in [0.4, 0.5) is 0 Å². The summed E-state index contributed by atoms with van der Waals surface area (Å²) in [5.74, 6) is -0.295. The summed E-state index contributed by atoms with van der Waals surface area (Å²) in [7, 11) is -2.24. The van der Waals surface area contributed by atoms with E-state index < -0.39 is 16.0 Å². The Kier molecular flexibility index (Phi) is 6.48. The number of methoxy groups -OCH3 is 1. The van der Waals surface area contributed by atoms with E-state index in [2.05, 4.69) is 0 Å². The molecule has 2 aromatic carbocycles. The normalized spacial score (nSPS) is 11.0. The Morgan fingerprint density at radius 3 is 2.38 bits per heavy atom. The van der Waals surface area contributed by atoms with E-state index in [4.69, 9.17) is 14.6 Å². The molecule has 0 atom stereocenters.